The van der Waals surface area contributed by atoms with Crippen molar-refractivity contribution in [3.8, 4) is 11.1 Å². The van der Waals surface area contributed by atoms with E-state index in [-0.39, 0.29) is 12.5 Å². The van der Waals surface area contributed by atoms with Crippen LogP contribution in [0.4, 0.5) is 4.39 Å². The maximum Gasteiger partial charge on any atom is 0.251 e. The van der Waals surface area contributed by atoms with Gasteiger partial charge in [-0.25, -0.2) is 4.39 Å². The van der Waals surface area contributed by atoms with Crippen LogP contribution in [0.5, 0.6) is 0 Å². The Morgan fingerprint density at radius 3 is 2.74 bits per heavy atom. The fourth-order valence-corrected chi connectivity index (χ4v) is 4.04. The number of benzene rings is 2. The van der Waals surface area contributed by atoms with Crippen LogP contribution in [0.25, 0.3) is 16.8 Å². The summed E-state index contributed by atoms with van der Waals surface area (Å²) in [5.74, 6) is -0.0692. The molecule has 34 heavy (non-hydrogen) atoms. The molecule has 5 nitrogen and oxygen atoms in total. The van der Waals surface area contributed by atoms with Gasteiger partial charge in [0.25, 0.3) is 5.91 Å². The van der Waals surface area contributed by atoms with Crippen molar-refractivity contribution in [2.24, 2.45) is 4.99 Å². The standard InChI is InChI=1S/C27H26FN3O2S/c1-5-6-25(29-3)23-14-19(9-10-24(23)28)20-11-12-30-22(13-20)16-31-27(32)21-8-7-18(2)26(15-21)34-17-33-4/h5-15H,1,3,16-17H2,2,4H3,(H,31,32)/b25-6-. The predicted molar refractivity (Wildman–Crippen MR) is 137 cm³/mol. The van der Waals surface area contributed by atoms with Crippen molar-refractivity contribution < 1.29 is 13.9 Å². The van der Waals surface area contributed by atoms with Crippen molar-refractivity contribution in [3.05, 3.63) is 102 Å². The van der Waals surface area contributed by atoms with Gasteiger partial charge >= 0.3 is 0 Å². The molecule has 3 aromatic rings. The summed E-state index contributed by atoms with van der Waals surface area (Å²) < 4.78 is 19.5. The number of rotatable bonds is 10. The van der Waals surface area contributed by atoms with Crippen LogP contribution >= 0.6 is 11.8 Å². The second kappa shape index (κ2) is 12.1. The summed E-state index contributed by atoms with van der Waals surface area (Å²) in [7, 11) is 1.64. The second-order valence-electron chi connectivity index (χ2n) is 7.39. The average molecular weight is 476 g/mol. The quantitative estimate of drug-likeness (QED) is 0.168. The number of hydrogen-bond donors (Lipinski definition) is 1. The number of aliphatic imine (C=N–C) groups is 1. The first-order chi connectivity index (χ1) is 16.5. The zero-order chi connectivity index (χ0) is 24.5. The number of allylic oxidation sites excluding steroid dienone is 2. The van der Waals surface area contributed by atoms with Crippen LogP contribution in [-0.4, -0.2) is 30.7 Å². The minimum atomic E-state index is -0.396. The summed E-state index contributed by atoms with van der Waals surface area (Å²) in [6, 6.07) is 14.1. The van der Waals surface area contributed by atoms with E-state index in [1.54, 1.807) is 49.3 Å². The third kappa shape index (κ3) is 6.27. The monoisotopic (exact) mass is 475 g/mol. The van der Waals surface area contributed by atoms with Gasteiger partial charge in [-0.05, 0) is 72.8 Å². The molecule has 0 radical (unpaired) electrons. The summed E-state index contributed by atoms with van der Waals surface area (Å²) in [6.45, 7) is 9.40. The Kier molecular flexibility index (Phi) is 8.90. The molecule has 1 N–H and O–H groups in total. The van der Waals surface area contributed by atoms with Crippen LogP contribution in [-0.2, 0) is 11.3 Å². The number of amides is 1. The Bertz CT molecular complexity index is 1240. The van der Waals surface area contributed by atoms with Crippen molar-refractivity contribution in [2.45, 2.75) is 18.4 Å². The third-order valence-corrected chi connectivity index (χ3v) is 6.16. The van der Waals surface area contributed by atoms with E-state index in [2.05, 4.69) is 28.6 Å². The maximum atomic E-state index is 14.4. The molecule has 0 fully saturated rings. The van der Waals surface area contributed by atoms with E-state index >= 15 is 0 Å². The van der Waals surface area contributed by atoms with Crippen LogP contribution in [0.2, 0.25) is 0 Å². The fourth-order valence-electron chi connectivity index (χ4n) is 3.29. The van der Waals surface area contributed by atoms with Crippen LogP contribution in [0.15, 0.2) is 83.3 Å². The van der Waals surface area contributed by atoms with E-state index in [0.717, 1.165) is 21.6 Å². The van der Waals surface area contributed by atoms with Gasteiger partial charge in [-0.3, -0.25) is 14.8 Å². The minimum absolute atomic E-state index is 0.188. The van der Waals surface area contributed by atoms with Gasteiger partial charge in [0, 0.05) is 29.3 Å². The van der Waals surface area contributed by atoms with E-state index in [4.69, 9.17) is 4.74 Å². The largest absolute Gasteiger partial charge is 0.374 e. The SMILES string of the molecule is C=C/C=C(\N=C)c1cc(-c2ccnc(CNC(=O)c3ccc(C)c(SCOC)c3)c2)ccc1F. The molecule has 1 aromatic heterocycles. The Balaban J connectivity index is 1.77. The number of nitrogens with one attached hydrogen (secondary N) is 1. The molecule has 1 heterocycles. The van der Waals surface area contributed by atoms with Gasteiger partial charge in [-0.15, -0.1) is 0 Å². The Morgan fingerprint density at radius 2 is 2.00 bits per heavy atom. The highest BCUT2D eigenvalue weighted by Crippen LogP contribution is 2.27. The van der Waals surface area contributed by atoms with Gasteiger partial charge in [0.15, 0.2) is 0 Å². The van der Waals surface area contributed by atoms with Gasteiger partial charge in [-0.2, -0.15) is 0 Å². The molecular formula is C27H26FN3O2S. The first-order valence-electron chi connectivity index (χ1n) is 10.5. The minimum Gasteiger partial charge on any atom is -0.374 e. The number of pyridine rings is 1. The van der Waals surface area contributed by atoms with Gasteiger partial charge < -0.3 is 10.1 Å². The number of carbonyl (C=O) groups excluding carboxylic acids is 1. The molecule has 3 rings (SSSR count). The van der Waals surface area contributed by atoms with Crippen molar-refractivity contribution in [2.75, 3.05) is 13.0 Å². The predicted octanol–water partition coefficient (Wildman–Crippen LogP) is 6.05. The van der Waals surface area contributed by atoms with E-state index in [1.165, 1.54) is 12.1 Å². The first-order valence-corrected chi connectivity index (χ1v) is 11.5. The summed E-state index contributed by atoms with van der Waals surface area (Å²) >= 11 is 1.54. The molecule has 0 spiro atoms. The van der Waals surface area contributed by atoms with Crippen LogP contribution in [0.1, 0.15) is 27.2 Å². The molecule has 0 aliphatic carbocycles. The molecule has 0 aliphatic rings. The van der Waals surface area contributed by atoms with Crippen molar-refractivity contribution in [3.63, 3.8) is 0 Å². The van der Waals surface area contributed by atoms with E-state index in [0.29, 0.717) is 28.5 Å². The molecule has 7 heteroatoms. The zero-order valence-electron chi connectivity index (χ0n) is 19.2. The highest BCUT2D eigenvalue weighted by atomic mass is 32.2. The number of aromatic nitrogens is 1. The first kappa shape index (κ1) is 25.1. The molecular weight excluding hydrogens is 449 g/mol. The smallest absolute Gasteiger partial charge is 0.251 e. The fraction of sp³-hybridized carbons (Fsp3) is 0.148. The highest BCUT2D eigenvalue weighted by Gasteiger charge is 2.11. The number of carbonyl (C=O) groups is 1. The van der Waals surface area contributed by atoms with Gasteiger partial charge in [0.1, 0.15) is 5.82 Å². The molecule has 0 atom stereocenters. The summed E-state index contributed by atoms with van der Waals surface area (Å²) in [5, 5.41) is 2.92. The lowest BCUT2D eigenvalue weighted by molar-refractivity contribution is 0.0950. The number of ether oxygens (including phenoxy) is 1. The molecule has 0 saturated carbocycles. The molecule has 0 aliphatic heterocycles. The molecule has 0 unspecified atom stereocenters. The van der Waals surface area contributed by atoms with Gasteiger partial charge in [0.05, 0.1) is 23.9 Å². The Labute approximate surface area is 203 Å². The second-order valence-corrected chi connectivity index (χ2v) is 8.35. The van der Waals surface area contributed by atoms with Crippen molar-refractivity contribution in [1.29, 1.82) is 0 Å². The van der Waals surface area contributed by atoms with Crippen LogP contribution in [0.3, 0.4) is 0 Å². The lowest BCUT2D eigenvalue weighted by atomic mass is 10.0. The third-order valence-electron chi connectivity index (χ3n) is 5.05. The lowest BCUT2D eigenvalue weighted by Crippen LogP contribution is -2.23. The summed E-state index contributed by atoms with van der Waals surface area (Å²) in [5.41, 5.74) is 4.71. The Morgan fingerprint density at radius 1 is 1.21 bits per heavy atom. The van der Waals surface area contributed by atoms with Crippen molar-refractivity contribution in [1.82, 2.24) is 10.3 Å². The van der Waals surface area contributed by atoms with E-state index in [9.17, 15) is 9.18 Å². The number of methoxy groups -OCH3 is 1. The lowest BCUT2D eigenvalue weighted by Gasteiger charge is -2.10. The number of nitrogens with zero attached hydrogens (tertiary/aromatic N) is 2. The van der Waals surface area contributed by atoms with Gasteiger partial charge in [-0.1, -0.05) is 36.5 Å². The number of thioether (sulfide) groups is 1. The van der Waals surface area contributed by atoms with Gasteiger partial charge in [0.2, 0.25) is 0 Å². The summed E-state index contributed by atoms with van der Waals surface area (Å²) in [6.07, 6.45) is 4.81. The van der Waals surface area contributed by atoms with Crippen molar-refractivity contribution >= 4 is 30.1 Å². The molecule has 1 amide bonds. The highest BCUT2D eigenvalue weighted by molar-refractivity contribution is 7.99. The zero-order valence-corrected chi connectivity index (χ0v) is 20.0. The molecule has 2 aromatic carbocycles. The van der Waals surface area contributed by atoms with Crippen LogP contribution in [0, 0.1) is 12.7 Å². The van der Waals surface area contributed by atoms with E-state index < -0.39 is 5.82 Å². The number of halogens is 1. The number of hydrogen-bond acceptors (Lipinski definition) is 5. The topological polar surface area (TPSA) is 63.6 Å². The normalized spacial score (nSPS) is 11.2. The van der Waals surface area contributed by atoms with E-state index in [1.807, 2.05) is 31.2 Å². The number of aryl methyl sites for hydroxylation is 1. The molecule has 0 bridgehead atoms. The Hall–Kier alpha value is -3.55. The molecule has 174 valence electrons. The molecule has 0 saturated heterocycles. The van der Waals surface area contributed by atoms with Crippen LogP contribution < -0.4 is 5.32 Å². The average Bonchev–Trinajstić information content (AvgIpc) is 2.86. The summed E-state index contributed by atoms with van der Waals surface area (Å²) in [4.78, 5) is 22.0. The maximum absolute atomic E-state index is 14.4.